The van der Waals surface area contributed by atoms with E-state index in [9.17, 15) is 0 Å². The number of benzene rings is 1. The molecule has 128 valence electrons. The molecule has 0 fully saturated rings. The van der Waals surface area contributed by atoms with Crippen LogP contribution in [0.1, 0.15) is 17.1 Å². The molecule has 0 amide bonds. The number of aromatic nitrogens is 4. The van der Waals surface area contributed by atoms with E-state index in [2.05, 4.69) is 25.1 Å². The van der Waals surface area contributed by atoms with Gasteiger partial charge in [-0.15, -0.1) is 10.2 Å². The Balaban J connectivity index is 1.51. The van der Waals surface area contributed by atoms with Crippen molar-refractivity contribution in [2.75, 3.05) is 25.5 Å². The Bertz CT molecular complexity index is 861. The second kappa shape index (κ2) is 6.60. The largest absolute Gasteiger partial charge is 0.419 e. The van der Waals surface area contributed by atoms with Crippen molar-refractivity contribution < 1.29 is 4.42 Å². The normalized spacial score (nSPS) is 14.3. The lowest BCUT2D eigenvalue weighted by Crippen LogP contribution is -2.32. The summed E-state index contributed by atoms with van der Waals surface area (Å²) in [5, 5.41) is 8.37. The van der Waals surface area contributed by atoms with Crippen molar-refractivity contribution in [3.05, 3.63) is 53.8 Å². The van der Waals surface area contributed by atoms with E-state index in [0.29, 0.717) is 18.3 Å². The van der Waals surface area contributed by atoms with Crippen molar-refractivity contribution >= 4 is 5.82 Å². The summed E-state index contributed by atoms with van der Waals surface area (Å²) in [5.74, 6) is 2.17. The standard InChI is InChI=1S/C18H20N6O/c1-23(2)17-14-10-24(9-8-15(14)19-12-20-17)11-16-21-22-18(25-16)13-6-4-3-5-7-13/h3-7,12H,8-11H2,1-2H3. The van der Waals surface area contributed by atoms with Crippen molar-refractivity contribution in [3.8, 4) is 11.5 Å². The Morgan fingerprint density at radius 1 is 1.12 bits per heavy atom. The van der Waals surface area contributed by atoms with Crippen molar-refractivity contribution in [1.82, 2.24) is 25.1 Å². The molecule has 0 spiro atoms. The van der Waals surface area contributed by atoms with Crippen LogP contribution in [0, 0.1) is 0 Å². The highest BCUT2D eigenvalue weighted by Gasteiger charge is 2.23. The molecule has 1 aromatic carbocycles. The second-order valence-corrected chi connectivity index (χ2v) is 6.34. The molecule has 7 nitrogen and oxygen atoms in total. The summed E-state index contributed by atoms with van der Waals surface area (Å²) >= 11 is 0. The molecule has 7 heteroatoms. The van der Waals surface area contributed by atoms with E-state index in [0.717, 1.165) is 36.6 Å². The average molecular weight is 336 g/mol. The van der Waals surface area contributed by atoms with Crippen LogP contribution in [0.15, 0.2) is 41.1 Å². The molecule has 0 N–H and O–H groups in total. The van der Waals surface area contributed by atoms with Crippen LogP contribution in [0.25, 0.3) is 11.5 Å². The lowest BCUT2D eigenvalue weighted by molar-refractivity contribution is 0.220. The third-order valence-corrected chi connectivity index (χ3v) is 4.33. The van der Waals surface area contributed by atoms with Gasteiger partial charge in [0.15, 0.2) is 0 Å². The molecule has 1 aliphatic heterocycles. The summed E-state index contributed by atoms with van der Waals surface area (Å²) in [4.78, 5) is 13.2. The molecular formula is C18H20N6O. The van der Waals surface area contributed by atoms with Gasteiger partial charge in [0.1, 0.15) is 12.1 Å². The van der Waals surface area contributed by atoms with Gasteiger partial charge in [0.25, 0.3) is 0 Å². The number of anilines is 1. The first-order valence-electron chi connectivity index (χ1n) is 8.31. The third kappa shape index (κ3) is 3.23. The van der Waals surface area contributed by atoms with E-state index in [4.69, 9.17) is 4.42 Å². The quantitative estimate of drug-likeness (QED) is 0.723. The van der Waals surface area contributed by atoms with Crippen LogP contribution in [0.5, 0.6) is 0 Å². The van der Waals surface area contributed by atoms with E-state index in [1.807, 2.05) is 49.3 Å². The summed E-state index contributed by atoms with van der Waals surface area (Å²) in [6.45, 7) is 2.33. The monoisotopic (exact) mass is 336 g/mol. The van der Waals surface area contributed by atoms with Gasteiger partial charge in [0.2, 0.25) is 11.8 Å². The van der Waals surface area contributed by atoms with E-state index in [-0.39, 0.29) is 0 Å². The number of rotatable bonds is 4. The fourth-order valence-corrected chi connectivity index (χ4v) is 3.11. The third-order valence-electron chi connectivity index (χ3n) is 4.33. The molecule has 0 atom stereocenters. The molecule has 0 bridgehead atoms. The Morgan fingerprint density at radius 2 is 1.96 bits per heavy atom. The zero-order chi connectivity index (χ0) is 17.2. The van der Waals surface area contributed by atoms with Crippen molar-refractivity contribution in [2.24, 2.45) is 0 Å². The highest BCUT2D eigenvalue weighted by molar-refractivity contribution is 5.51. The first-order chi connectivity index (χ1) is 12.2. The molecule has 0 unspecified atom stereocenters. The topological polar surface area (TPSA) is 71.2 Å². The summed E-state index contributed by atoms with van der Waals surface area (Å²) in [6.07, 6.45) is 2.55. The maximum atomic E-state index is 5.83. The van der Waals surface area contributed by atoms with Gasteiger partial charge in [-0.3, -0.25) is 4.90 Å². The van der Waals surface area contributed by atoms with Gasteiger partial charge in [-0.2, -0.15) is 0 Å². The highest BCUT2D eigenvalue weighted by Crippen LogP contribution is 2.26. The van der Waals surface area contributed by atoms with Gasteiger partial charge in [-0.25, -0.2) is 9.97 Å². The van der Waals surface area contributed by atoms with Gasteiger partial charge in [0, 0.05) is 44.7 Å². The fraction of sp³-hybridized carbons (Fsp3) is 0.333. The SMILES string of the molecule is CN(C)c1ncnc2c1CN(Cc1nnc(-c3ccccc3)o1)CC2. The van der Waals surface area contributed by atoms with Gasteiger partial charge >= 0.3 is 0 Å². The molecule has 0 aliphatic carbocycles. The Labute approximate surface area is 146 Å². The number of fused-ring (bicyclic) bond motifs is 1. The predicted molar refractivity (Wildman–Crippen MR) is 93.9 cm³/mol. The minimum atomic E-state index is 0.560. The van der Waals surface area contributed by atoms with Gasteiger partial charge in [-0.05, 0) is 12.1 Å². The Kier molecular flexibility index (Phi) is 4.15. The van der Waals surface area contributed by atoms with E-state index in [1.54, 1.807) is 6.33 Å². The minimum absolute atomic E-state index is 0.560. The van der Waals surface area contributed by atoms with E-state index >= 15 is 0 Å². The molecule has 3 heterocycles. The van der Waals surface area contributed by atoms with Crippen LogP contribution in [0.4, 0.5) is 5.82 Å². The lowest BCUT2D eigenvalue weighted by atomic mass is 10.1. The van der Waals surface area contributed by atoms with Gasteiger partial charge in [0.05, 0.1) is 12.2 Å². The van der Waals surface area contributed by atoms with Crippen LogP contribution in [-0.4, -0.2) is 45.7 Å². The molecule has 0 saturated carbocycles. The number of nitrogens with zero attached hydrogens (tertiary/aromatic N) is 6. The Morgan fingerprint density at radius 3 is 2.76 bits per heavy atom. The maximum Gasteiger partial charge on any atom is 0.247 e. The van der Waals surface area contributed by atoms with Crippen LogP contribution in [0.3, 0.4) is 0 Å². The summed E-state index contributed by atoms with van der Waals surface area (Å²) in [7, 11) is 4.01. The van der Waals surface area contributed by atoms with Crippen molar-refractivity contribution in [1.29, 1.82) is 0 Å². The Hall–Kier alpha value is -2.80. The first-order valence-corrected chi connectivity index (χ1v) is 8.31. The summed E-state index contributed by atoms with van der Waals surface area (Å²) < 4.78 is 5.83. The molecule has 25 heavy (non-hydrogen) atoms. The minimum Gasteiger partial charge on any atom is -0.419 e. The van der Waals surface area contributed by atoms with Crippen molar-refractivity contribution in [2.45, 2.75) is 19.5 Å². The van der Waals surface area contributed by atoms with Crippen LogP contribution >= 0.6 is 0 Å². The molecule has 4 rings (SSSR count). The van der Waals surface area contributed by atoms with Crippen LogP contribution < -0.4 is 4.90 Å². The fourth-order valence-electron chi connectivity index (χ4n) is 3.11. The summed E-state index contributed by atoms with van der Waals surface area (Å²) in [6, 6.07) is 9.83. The second-order valence-electron chi connectivity index (χ2n) is 6.34. The van der Waals surface area contributed by atoms with Gasteiger partial charge in [-0.1, -0.05) is 18.2 Å². The number of hydrogen-bond donors (Lipinski definition) is 0. The molecular weight excluding hydrogens is 316 g/mol. The molecule has 2 aromatic heterocycles. The zero-order valence-electron chi connectivity index (χ0n) is 14.4. The number of hydrogen-bond acceptors (Lipinski definition) is 7. The van der Waals surface area contributed by atoms with E-state index < -0.39 is 0 Å². The average Bonchev–Trinajstić information content (AvgIpc) is 3.10. The smallest absolute Gasteiger partial charge is 0.247 e. The predicted octanol–water partition coefficient (Wildman–Crippen LogP) is 2.15. The molecule has 3 aromatic rings. The molecule has 0 saturated heterocycles. The lowest BCUT2D eigenvalue weighted by Gasteiger charge is -2.29. The van der Waals surface area contributed by atoms with Gasteiger partial charge < -0.3 is 9.32 Å². The van der Waals surface area contributed by atoms with E-state index in [1.165, 1.54) is 5.56 Å². The highest BCUT2D eigenvalue weighted by atomic mass is 16.4. The van der Waals surface area contributed by atoms with Crippen molar-refractivity contribution in [3.63, 3.8) is 0 Å². The molecule has 0 radical (unpaired) electrons. The van der Waals surface area contributed by atoms with Crippen LogP contribution in [-0.2, 0) is 19.5 Å². The zero-order valence-corrected chi connectivity index (χ0v) is 14.4. The molecule has 1 aliphatic rings. The van der Waals surface area contributed by atoms with Crippen LogP contribution in [0.2, 0.25) is 0 Å². The first kappa shape index (κ1) is 15.7. The summed E-state index contributed by atoms with van der Waals surface area (Å²) in [5.41, 5.74) is 3.25. The maximum absolute atomic E-state index is 5.83.